The molecular formula is C11H16NO4P. The van der Waals surface area contributed by atoms with Gasteiger partial charge in [-0.1, -0.05) is 31.2 Å². The Balaban J connectivity index is 2.46. The van der Waals surface area contributed by atoms with E-state index in [1.165, 1.54) is 5.56 Å². The van der Waals surface area contributed by atoms with Crippen molar-refractivity contribution in [1.82, 2.24) is 5.32 Å². The van der Waals surface area contributed by atoms with Crippen LogP contribution in [0.3, 0.4) is 0 Å². The minimum atomic E-state index is -4.64. The van der Waals surface area contributed by atoms with Crippen molar-refractivity contribution in [3.05, 3.63) is 35.4 Å². The molecule has 3 N–H and O–H groups in total. The van der Waals surface area contributed by atoms with Gasteiger partial charge in [-0.3, -0.25) is 4.79 Å². The summed E-state index contributed by atoms with van der Waals surface area (Å²) in [6.45, 7) is 2.27. The zero-order valence-corrected chi connectivity index (χ0v) is 10.5. The topological polar surface area (TPSA) is 86.6 Å². The molecule has 0 heterocycles. The lowest BCUT2D eigenvalue weighted by Gasteiger charge is -2.07. The van der Waals surface area contributed by atoms with Crippen LogP contribution in [-0.4, -0.2) is 22.0 Å². The summed E-state index contributed by atoms with van der Waals surface area (Å²) < 4.78 is 10.6. The largest absolute Gasteiger partial charge is 0.413 e. The molecule has 0 aliphatic rings. The predicted molar refractivity (Wildman–Crippen MR) is 65.0 cm³/mol. The number of amides is 1. The highest BCUT2D eigenvalue weighted by Gasteiger charge is 2.24. The van der Waals surface area contributed by atoms with Crippen molar-refractivity contribution in [1.29, 1.82) is 0 Å². The number of carbonyl (C=O) groups excluding carboxylic acids is 1. The highest BCUT2D eigenvalue weighted by Crippen LogP contribution is 2.34. The summed E-state index contributed by atoms with van der Waals surface area (Å²) in [5, 5.41) is 2.21. The third-order valence-corrected chi connectivity index (χ3v) is 3.04. The van der Waals surface area contributed by atoms with Crippen molar-refractivity contribution >= 4 is 13.2 Å². The van der Waals surface area contributed by atoms with Crippen molar-refractivity contribution in [2.45, 2.75) is 19.8 Å². The molecule has 1 aromatic rings. The Morgan fingerprint density at radius 1 is 1.35 bits per heavy atom. The van der Waals surface area contributed by atoms with Gasteiger partial charge in [0, 0.05) is 6.54 Å². The van der Waals surface area contributed by atoms with E-state index in [1.807, 2.05) is 24.3 Å². The molecule has 1 aromatic carbocycles. The number of hydrogen-bond donors (Lipinski definition) is 3. The van der Waals surface area contributed by atoms with Crippen molar-refractivity contribution in [2.24, 2.45) is 0 Å². The highest BCUT2D eigenvalue weighted by atomic mass is 31.2. The lowest BCUT2D eigenvalue weighted by Crippen LogP contribution is -2.23. The van der Waals surface area contributed by atoms with Gasteiger partial charge in [-0.15, -0.1) is 0 Å². The molecule has 0 aliphatic heterocycles. The number of aryl methyl sites for hydroxylation is 1. The van der Waals surface area contributed by atoms with E-state index in [9.17, 15) is 9.36 Å². The normalized spacial score (nSPS) is 11.2. The van der Waals surface area contributed by atoms with Crippen LogP contribution >= 0.6 is 7.60 Å². The second-order valence-corrected chi connectivity index (χ2v) is 5.19. The van der Waals surface area contributed by atoms with Crippen molar-refractivity contribution in [3.8, 4) is 0 Å². The lowest BCUT2D eigenvalue weighted by molar-refractivity contribution is 0.248. The number of rotatable bonds is 5. The van der Waals surface area contributed by atoms with Crippen LogP contribution < -0.4 is 5.32 Å². The Hall–Kier alpha value is -1.16. The molecule has 0 atom stereocenters. The lowest BCUT2D eigenvalue weighted by atomic mass is 10.1. The SMILES string of the molecule is CCc1cccc(CCNC(=O)P(=O)(O)O)c1. The van der Waals surface area contributed by atoms with Gasteiger partial charge in [-0.25, -0.2) is 4.57 Å². The molecule has 94 valence electrons. The molecule has 0 spiro atoms. The predicted octanol–water partition coefficient (Wildman–Crippen LogP) is 1.68. The maximum atomic E-state index is 10.9. The van der Waals surface area contributed by atoms with Crippen LogP contribution in [0.2, 0.25) is 0 Å². The van der Waals surface area contributed by atoms with Crippen molar-refractivity contribution < 1.29 is 19.1 Å². The summed E-state index contributed by atoms with van der Waals surface area (Å²) in [7, 11) is -4.64. The Morgan fingerprint density at radius 3 is 2.59 bits per heavy atom. The maximum Gasteiger partial charge on any atom is 0.413 e. The molecule has 0 aromatic heterocycles. The van der Waals surface area contributed by atoms with Gasteiger partial charge in [0.1, 0.15) is 0 Å². The quantitative estimate of drug-likeness (QED) is 0.700. The average molecular weight is 257 g/mol. The van der Waals surface area contributed by atoms with E-state index in [1.54, 1.807) is 0 Å². The van der Waals surface area contributed by atoms with Gasteiger partial charge in [0.2, 0.25) is 0 Å². The van der Waals surface area contributed by atoms with Gasteiger partial charge in [0.15, 0.2) is 0 Å². The van der Waals surface area contributed by atoms with Crippen molar-refractivity contribution in [2.75, 3.05) is 6.54 Å². The standard InChI is InChI=1S/C11H16NO4P/c1-2-9-4-3-5-10(8-9)6-7-12-11(13)17(14,15)16/h3-5,8H,2,6-7H2,1H3,(H,12,13)(H2,14,15,16). The van der Waals surface area contributed by atoms with Crippen LogP contribution in [0.4, 0.5) is 4.79 Å². The van der Waals surface area contributed by atoms with Crippen LogP contribution in [0.15, 0.2) is 24.3 Å². The zero-order valence-electron chi connectivity index (χ0n) is 9.59. The summed E-state index contributed by atoms with van der Waals surface area (Å²) in [5.74, 6) is 0. The third kappa shape index (κ3) is 4.69. The van der Waals surface area contributed by atoms with Crippen LogP contribution in [0.25, 0.3) is 0 Å². The van der Waals surface area contributed by atoms with Gasteiger partial charge >= 0.3 is 13.2 Å². The summed E-state index contributed by atoms with van der Waals surface area (Å²) in [5.41, 5.74) is 1.02. The van der Waals surface area contributed by atoms with E-state index in [4.69, 9.17) is 9.79 Å². The van der Waals surface area contributed by atoms with Crippen LogP contribution in [0.1, 0.15) is 18.1 Å². The molecule has 1 amide bonds. The first kappa shape index (κ1) is 13.9. The van der Waals surface area contributed by atoms with Gasteiger partial charge in [-0.05, 0) is 24.0 Å². The fraction of sp³-hybridized carbons (Fsp3) is 0.364. The molecule has 0 bridgehead atoms. The fourth-order valence-corrected chi connectivity index (χ4v) is 1.74. The second-order valence-electron chi connectivity index (χ2n) is 3.70. The molecule has 0 aliphatic carbocycles. The first-order chi connectivity index (χ1) is 7.93. The van der Waals surface area contributed by atoms with E-state index in [2.05, 4.69) is 12.2 Å². The van der Waals surface area contributed by atoms with E-state index in [0.29, 0.717) is 6.42 Å². The molecule has 0 fully saturated rings. The van der Waals surface area contributed by atoms with Gasteiger partial charge in [0.05, 0.1) is 0 Å². The molecule has 1 rings (SSSR count). The molecule has 6 heteroatoms. The van der Waals surface area contributed by atoms with E-state index < -0.39 is 13.2 Å². The number of nitrogens with one attached hydrogen (secondary N) is 1. The average Bonchev–Trinajstić information content (AvgIpc) is 2.28. The van der Waals surface area contributed by atoms with Crippen LogP contribution in [0.5, 0.6) is 0 Å². The Labute approximate surface area is 100 Å². The summed E-state index contributed by atoms with van der Waals surface area (Å²) in [4.78, 5) is 28.0. The Kier molecular flexibility index (Phi) is 4.87. The molecule has 0 saturated heterocycles. The first-order valence-electron chi connectivity index (χ1n) is 5.35. The maximum absolute atomic E-state index is 10.9. The summed E-state index contributed by atoms with van der Waals surface area (Å²) in [6, 6.07) is 7.88. The molecule has 5 nitrogen and oxygen atoms in total. The first-order valence-corrected chi connectivity index (χ1v) is 6.96. The zero-order chi connectivity index (χ0) is 12.9. The third-order valence-electron chi connectivity index (χ3n) is 2.35. The van der Waals surface area contributed by atoms with Gasteiger partial charge in [0.25, 0.3) is 0 Å². The molecular weight excluding hydrogens is 241 g/mol. The monoisotopic (exact) mass is 257 g/mol. The van der Waals surface area contributed by atoms with E-state index in [0.717, 1.165) is 12.0 Å². The van der Waals surface area contributed by atoms with E-state index >= 15 is 0 Å². The van der Waals surface area contributed by atoms with Crippen molar-refractivity contribution in [3.63, 3.8) is 0 Å². The number of carbonyl (C=O) groups is 1. The molecule has 17 heavy (non-hydrogen) atoms. The van der Waals surface area contributed by atoms with E-state index in [-0.39, 0.29) is 6.54 Å². The Bertz CT molecular complexity index is 441. The Morgan fingerprint density at radius 2 is 2.00 bits per heavy atom. The fourth-order valence-electron chi connectivity index (χ4n) is 1.42. The molecule has 0 radical (unpaired) electrons. The number of hydrogen-bond acceptors (Lipinski definition) is 2. The molecule has 0 unspecified atom stereocenters. The summed E-state index contributed by atoms with van der Waals surface area (Å²) >= 11 is 0. The smallest absolute Gasteiger partial charge is 0.345 e. The second kappa shape index (κ2) is 5.96. The number of benzene rings is 1. The van der Waals surface area contributed by atoms with Gasteiger partial charge in [-0.2, -0.15) is 0 Å². The molecule has 0 saturated carbocycles. The highest BCUT2D eigenvalue weighted by molar-refractivity contribution is 7.69. The minimum Gasteiger partial charge on any atom is -0.345 e. The van der Waals surface area contributed by atoms with Gasteiger partial charge < -0.3 is 15.1 Å². The minimum absolute atomic E-state index is 0.219. The van der Waals surface area contributed by atoms with Crippen LogP contribution in [-0.2, 0) is 17.4 Å². The summed E-state index contributed by atoms with van der Waals surface area (Å²) in [6.07, 6.45) is 1.49. The van der Waals surface area contributed by atoms with Crippen LogP contribution in [0, 0.1) is 0 Å².